The Bertz CT molecular complexity index is 753. The van der Waals surface area contributed by atoms with Gasteiger partial charge in [-0.3, -0.25) is 14.4 Å². The lowest BCUT2D eigenvalue weighted by atomic mass is 9.61. The van der Waals surface area contributed by atoms with Crippen molar-refractivity contribution in [2.75, 3.05) is 31.2 Å². The van der Waals surface area contributed by atoms with Gasteiger partial charge in [0.2, 0.25) is 0 Å². The van der Waals surface area contributed by atoms with Gasteiger partial charge in [0, 0.05) is 31.1 Å². The SMILES string of the molecule is CCOC(=O)[C@@H]1C(=O)C[C@](C)(O)[C@@H](C(=O)OCC)[C@H]1c1ccc(N(CC)CC)cc1. The molecule has 0 spiro atoms. The number of ketones is 1. The van der Waals surface area contributed by atoms with Crippen LogP contribution < -0.4 is 4.90 Å². The van der Waals surface area contributed by atoms with Crippen LogP contribution in [-0.4, -0.2) is 54.7 Å². The van der Waals surface area contributed by atoms with Crippen LogP contribution in [0.15, 0.2) is 24.3 Å². The molecule has 1 aliphatic carbocycles. The summed E-state index contributed by atoms with van der Waals surface area (Å²) in [7, 11) is 0. The summed E-state index contributed by atoms with van der Waals surface area (Å²) in [6, 6.07) is 7.43. The highest BCUT2D eigenvalue weighted by molar-refractivity contribution is 6.02. The van der Waals surface area contributed by atoms with E-state index >= 15 is 0 Å². The monoisotopic (exact) mass is 419 g/mol. The molecule has 1 fully saturated rings. The van der Waals surface area contributed by atoms with E-state index in [4.69, 9.17) is 9.47 Å². The van der Waals surface area contributed by atoms with Crippen LogP contribution in [0.2, 0.25) is 0 Å². The number of rotatable bonds is 8. The van der Waals surface area contributed by atoms with Crippen molar-refractivity contribution in [2.24, 2.45) is 11.8 Å². The van der Waals surface area contributed by atoms with E-state index in [0.717, 1.165) is 18.8 Å². The van der Waals surface area contributed by atoms with E-state index in [-0.39, 0.29) is 19.6 Å². The first kappa shape index (κ1) is 23.9. The Labute approximate surface area is 178 Å². The Morgan fingerprint density at radius 3 is 2.07 bits per heavy atom. The second-order valence-corrected chi connectivity index (χ2v) is 7.75. The first-order chi connectivity index (χ1) is 14.2. The Balaban J connectivity index is 2.57. The maximum atomic E-state index is 12.9. The van der Waals surface area contributed by atoms with Gasteiger partial charge < -0.3 is 19.5 Å². The summed E-state index contributed by atoms with van der Waals surface area (Å²) in [5, 5.41) is 11.0. The molecule has 2 rings (SSSR count). The van der Waals surface area contributed by atoms with E-state index in [1.54, 1.807) is 13.8 Å². The summed E-state index contributed by atoms with van der Waals surface area (Å²) in [4.78, 5) is 40.6. The van der Waals surface area contributed by atoms with Crippen LogP contribution in [0.25, 0.3) is 0 Å². The summed E-state index contributed by atoms with van der Waals surface area (Å²) in [5.41, 5.74) is -0.0116. The third-order valence-corrected chi connectivity index (χ3v) is 5.75. The highest BCUT2D eigenvalue weighted by Crippen LogP contribution is 2.47. The number of nitrogens with zero attached hydrogens (tertiary/aromatic N) is 1. The predicted molar refractivity (Wildman–Crippen MR) is 113 cm³/mol. The summed E-state index contributed by atoms with van der Waals surface area (Å²) in [5.74, 6) is -4.84. The van der Waals surface area contributed by atoms with Gasteiger partial charge in [-0.1, -0.05) is 12.1 Å². The number of carbonyl (C=O) groups excluding carboxylic acids is 3. The molecule has 0 unspecified atom stereocenters. The van der Waals surface area contributed by atoms with Crippen molar-refractivity contribution in [3.63, 3.8) is 0 Å². The Morgan fingerprint density at radius 1 is 1.03 bits per heavy atom. The molecule has 1 N–H and O–H groups in total. The minimum atomic E-state index is -1.63. The molecule has 0 saturated heterocycles. The summed E-state index contributed by atoms with van der Waals surface area (Å²) >= 11 is 0. The molecule has 0 radical (unpaired) electrons. The van der Waals surface area contributed by atoms with E-state index in [2.05, 4.69) is 18.7 Å². The lowest BCUT2D eigenvalue weighted by molar-refractivity contribution is -0.172. The van der Waals surface area contributed by atoms with E-state index in [9.17, 15) is 19.5 Å². The molecule has 7 heteroatoms. The van der Waals surface area contributed by atoms with Crippen LogP contribution in [0, 0.1) is 11.8 Å². The molecule has 1 aromatic carbocycles. The molecule has 166 valence electrons. The smallest absolute Gasteiger partial charge is 0.317 e. The topological polar surface area (TPSA) is 93.1 Å². The second-order valence-electron chi connectivity index (χ2n) is 7.75. The Hall–Kier alpha value is -2.41. The van der Waals surface area contributed by atoms with Gasteiger partial charge in [0.1, 0.15) is 5.92 Å². The van der Waals surface area contributed by atoms with Gasteiger partial charge in [-0.2, -0.15) is 0 Å². The summed E-state index contributed by atoms with van der Waals surface area (Å²) in [6.07, 6.45) is -0.312. The van der Waals surface area contributed by atoms with Gasteiger partial charge >= 0.3 is 11.9 Å². The fourth-order valence-corrected chi connectivity index (χ4v) is 4.38. The molecular formula is C23H33NO6. The van der Waals surface area contributed by atoms with Crippen LogP contribution in [0.4, 0.5) is 5.69 Å². The Morgan fingerprint density at radius 2 is 1.57 bits per heavy atom. The third kappa shape index (κ3) is 4.83. The molecule has 7 nitrogen and oxygen atoms in total. The number of benzene rings is 1. The lowest BCUT2D eigenvalue weighted by Crippen LogP contribution is -2.55. The standard InChI is InChI=1S/C23H33NO6/c1-6-24(7-2)16-12-10-15(11-13-16)18-19(21(26)29-8-3)17(25)14-23(5,28)20(18)22(27)30-9-4/h10-13,18-20,28H,6-9,14H2,1-5H3/t18-,19+,20+,23-/m0/s1. The van der Waals surface area contributed by atoms with Crippen molar-refractivity contribution < 1.29 is 29.0 Å². The van der Waals surface area contributed by atoms with Gasteiger partial charge in [0.15, 0.2) is 5.78 Å². The minimum Gasteiger partial charge on any atom is -0.466 e. The van der Waals surface area contributed by atoms with Crippen molar-refractivity contribution in [3.05, 3.63) is 29.8 Å². The fraction of sp³-hybridized carbons (Fsp3) is 0.609. The highest BCUT2D eigenvalue weighted by Gasteiger charge is 2.57. The van der Waals surface area contributed by atoms with Crippen molar-refractivity contribution in [3.8, 4) is 0 Å². The van der Waals surface area contributed by atoms with Gasteiger partial charge in [0.05, 0.1) is 24.7 Å². The fourth-order valence-electron chi connectivity index (χ4n) is 4.38. The van der Waals surface area contributed by atoms with Crippen LogP contribution in [-0.2, 0) is 23.9 Å². The number of ether oxygens (including phenoxy) is 2. The van der Waals surface area contributed by atoms with Gasteiger partial charge in [-0.25, -0.2) is 0 Å². The first-order valence-corrected chi connectivity index (χ1v) is 10.6. The molecule has 4 atom stereocenters. The molecule has 0 bridgehead atoms. The largest absolute Gasteiger partial charge is 0.466 e. The predicted octanol–water partition coefficient (Wildman–Crippen LogP) is 2.70. The molecule has 1 aromatic rings. The molecule has 0 heterocycles. The number of carbonyl (C=O) groups is 3. The van der Waals surface area contributed by atoms with Crippen LogP contribution in [0.5, 0.6) is 0 Å². The number of hydrogen-bond acceptors (Lipinski definition) is 7. The van der Waals surface area contributed by atoms with E-state index in [1.807, 2.05) is 24.3 Å². The highest BCUT2D eigenvalue weighted by atomic mass is 16.5. The second kappa shape index (κ2) is 10.1. The van der Waals surface area contributed by atoms with Gasteiger partial charge in [-0.05, 0) is 52.3 Å². The quantitative estimate of drug-likeness (QED) is 0.511. The maximum absolute atomic E-state index is 12.9. The van der Waals surface area contributed by atoms with E-state index in [0.29, 0.717) is 5.56 Å². The zero-order valence-corrected chi connectivity index (χ0v) is 18.5. The number of esters is 2. The minimum absolute atomic E-state index is 0.122. The molecular weight excluding hydrogens is 386 g/mol. The average molecular weight is 420 g/mol. The zero-order valence-electron chi connectivity index (χ0n) is 18.5. The van der Waals surface area contributed by atoms with Crippen molar-refractivity contribution in [1.29, 1.82) is 0 Å². The first-order valence-electron chi connectivity index (χ1n) is 10.6. The van der Waals surface area contributed by atoms with Crippen LogP contribution >= 0.6 is 0 Å². The normalized spacial score (nSPS) is 26.2. The molecule has 1 saturated carbocycles. The van der Waals surface area contributed by atoms with Crippen LogP contribution in [0.3, 0.4) is 0 Å². The van der Waals surface area contributed by atoms with E-state index in [1.165, 1.54) is 6.92 Å². The number of hydrogen-bond donors (Lipinski definition) is 1. The Kier molecular flexibility index (Phi) is 8.01. The van der Waals surface area contributed by atoms with E-state index < -0.39 is 41.1 Å². The average Bonchev–Trinajstić information content (AvgIpc) is 2.68. The zero-order chi connectivity index (χ0) is 22.5. The summed E-state index contributed by atoms with van der Waals surface area (Å²) in [6.45, 7) is 10.8. The molecule has 0 amide bonds. The molecule has 0 aliphatic heterocycles. The van der Waals surface area contributed by atoms with Gasteiger partial charge in [-0.15, -0.1) is 0 Å². The van der Waals surface area contributed by atoms with Crippen LogP contribution in [0.1, 0.15) is 52.5 Å². The maximum Gasteiger partial charge on any atom is 0.317 e. The number of Topliss-reactive ketones (excluding diaryl/α,β-unsaturated/α-hetero) is 1. The third-order valence-electron chi connectivity index (χ3n) is 5.75. The molecule has 0 aromatic heterocycles. The van der Waals surface area contributed by atoms with Crippen molar-refractivity contribution >= 4 is 23.4 Å². The number of anilines is 1. The molecule has 30 heavy (non-hydrogen) atoms. The summed E-state index contributed by atoms with van der Waals surface area (Å²) < 4.78 is 10.4. The number of aliphatic hydroxyl groups is 1. The molecule has 1 aliphatic rings. The van der Waals surface area contributed by atoms with Crippen molar-refractivity contribution in [1.82, 2.24) is 0 Å². The van der Waals surface area contributed by atoms with Crippen molar-refractivity contribution in [2.45, 2.75) is 52.6 Å². The lowest BCUT2D eigenvalue weighted by Gasteiger charge is -2.43. The van der Waals surface area contributed by atoms with Gasteiger partial charge in [0.25, 0.3) is 0 Å².